The number of carbonyl (C=O) groups excluding carboxylic acids is 2. The van der Waals surface area contributed by atoms with E-state index >= 15 is 0 Å². The zero-order valence-electron chi connectivity index (χ0n) is 14.1. The number of pyridine rings is 1. The smallest absolute Gasteiger partial charge is 0.328 e. The summed E-state index contributed by atoms with van der Waals surface area (Å²) < 4.78 is 9.88. The van der Waals surface area contributed by atoms with Crippen LogP contribution in [0.2, 0.25) is 0 Å². The highest BCUT2D eigenvalue weighted by molar-refractivity contribution is 6.07. The first-order chi connectivity index (χ1) is 12.0. The lowest BCUT2D eigenvalue weighted by atomic mass is 10.0. The van der Waals surface area contributed by atoms with Gasteiger partial charge < -0.3 is 14.6 Å². The molecule has 0 fully saturated rings. The van der Waals surface area contributed by atoms with E-state index in [-0.39, 0.29) is 5.71 Å². The number of amides is 1. The topological polar surface area (TPSA) is 94.3 Å². The summed E-state index contributed by atoms with van der Waals surface area (Å²) in [5.41, 5.74) is 2.60. The Hall–Kier alpha value is -3.22. The molecule has 7 heteroatoms. The van der Waals surface area contributed by atoms with Gasteiger partial charge in [0, 0.05) is 5.56 Å². The number of carbonyl (C=O) groups is 2. The predicted octanol–water partition coefficient (Wildman–Crippen LogP) is 2.49. The molecule has 3 aromatic rings. The summed E-state index contributed by atoms with van der Waals surface area (Å²) >= 11 is 0. The van der Waals surface area contributed by atoms with Crippen LogP contribution in [0.3, 0.4) is 0 Å². The number of nitrogens with one attached hydrogen (secondary N) is 1. The molecule has 1 N–H and O–H groups in total. The fourth-order valence-electron chi connectivity index (χ4n) is 2.54. The Bertz CT molecular complexity index is 934. The van der Waals surface area contributed by atoms with Crippen molar-refractivity contribution in [3.05, 3.63) is 47.7 Å². The first kappa shape index (κ1) is 16.6. The van der Waals surface area contributed by atoms with Gasteiger partial charge in [0.25, 0.3) is 11.6 Å². The van der Waals surface area contributed by atoms with E-state index in [1.165, 1.54) is 7.11 Å². The fourth-order valence-corrected chi connectivity index (χ4v) is 2.54. The van der Waals surface area contributed by atoms with Gasteiger partial charge in [-0.15, -0.1) is 0 Å². The second-order valence-corrected chi connectivity index (χ2v) is 5.59. The van der Waals surface area contributed by atoms with Crippen LogP contribution in [0.15, 0.2) is 40.9 Å². The third kappa shape index (κ3) is 3.21. The van der Waals surface area contributed by atoms with E-state index in [4.69, 9.17) is 4.52 Å². The van der Waals surface area contributed by atoms with Crippen molar-refractivity contribution in [2.75, 3.05) is 7.11 Å². The standard InChI is InChI=1S/C18H17N3O4/c1-10-15-13(16(22)19-11(2)18(23)24-3)9-14(20-17(15)25-21-10)12-7-5-4-6-8-12/h4-9,11H,1-3H3,(H,19,22)/t11-/m0/s1. The number of methoxy groups -OCH3 is 1. The van der Waals surface area contributed by atoms with Gasteiger partial charge in [0.05, 0.1) is 29.4 Å². The first-order valence-corrected chi connectivity index (χ1v) is 7.72. The lowest BCUT2D eigenvalue weighted by molar-refractivity contribution is -0.142. The maximum Gasteiger partial charge on any atom is 0.328 e. The number of ether oxygens (including phenoxy) is 1. The Kier molecular flexibility index (Phi) is 4.47. The maximum atomic E-state index is 12.7. The van der Waals surface area contributed by atoms with Crippen LogP contribution in [0.5, 0.6) is 0 Å². The minimum Gasteiger partial charge on any atom is -0.467 e. The van der Waals surface area contributed by atoms with Crippen LogP contribution in [-0.2, 0) is 9.53 Å². The normalized spacial score (nSPS) is 12.0. The molecule has 0 spiro atoms. The van der Waals surface area contributed by atoms with Crippen LogP contribution in [0.25, 0.3) is 22.4 Å². The van der Waals surface area contributed by atoms with Crippen LogP contribution in [0, 0.1) is 6.92 Å². The van der Waals surface area contributed by atoms with Gasteiger partial charge in [0.15, 0.2) is 0 Å². The molecule has 0 bridgehead atoms. The summed E-state index contributed by atoms with van der Waals surface area (Å²) in [5, 5.41) is 7.04. The van der Waals surface area contributed by atoms with Crippen LogP contribution in [0.4, 0.5) is 0 Å². The number of esters is 1. The number of fused-ring (bicyclic) bond motifs is 1. The molecular formula is C18H17N3O4. The summed E-state index contributed by atoms with van der Waals surface area (Å²) in [6, 6.07) is 10.3. The van der Waals surface area contributed by atoms with Gasteiger partial charge in [-0.3, -0.25) is 4.79 Å². The van der Waals surface area contributed by atoms with Gasteiger partial charge in [-0.2, -0.15) is 0 Å². The Morgan fingerprint density at radius 1 is 1.24 bits per heavy atom. The van der Waals surface area contributed by atoms with Gasteiger partial charge in [0.2, 0.25) is 0 Å². The maximum absolute atomic E-state index is 12.7. The van der Waals surface area contributed by atoms with Gasteiger partial charge >= 0.3 is 5.97 Å². The van der Waals surface area contributed by atoms with E-state index in [2.05, 4.69) is 20.2 Å². The Morgan fingerprint density at radius 3 is 2.64 bits per heavy atom. The molecule has 7 nitrogen and oxygen atoms in total. The van der Waals surface area contributed by atoms with E-state index < -0.39 is 17.9 Å². The van der Waals surface area contributed by atoms with Crippen molar-refractivity contribution in [2.45, 2.75) is 19.9 Å². The molecule has 0 aliphatic rings. The number of hydrogen-bond donors (Lipinski definition) is 1. The van der Waals surface area contributed by atoms with E-state index in [0.717, 1.165) is 5.56 Å². The van der Waals surface area contributed by atoms with Crippen molar-refractivity contribution in [3.8, 4) is 11.3 Å². The Balaban J connectivity index is 2.08. The number of aromatic nitrogens is 2. The van der Waals surface area contributed by atoms with Gasteiger partial charge in [-0.25, -0.2) is 9.78 Å². The molecule has 0 unspecified atom stereocenters. The molecule has 0 aliphatic heterocycles. The number of aryl methyl sites for hydroxylation is 1. The molecule has 2 aromatic heterocycles. The van der Waals surface area contributed by atoms with Gasteiger partial charge in [-0.05, 0) is 19.9 Å². The van der Waals surface area contributed by atoms with Crippen LogP contribution < -0.4 is 5.32 Å². The Morgan fingerprint density at radius 2 is 1.96 bits per heavy atom. The van der Waals surface area contributed by atoms with E-state index in [1.54, 1.807) is 19.9 Å². The molecule has 2 heterocycles. The molecule has 25 heavy (non-hydrogen) atoms. The number of nitrogens with zero attached hydrogens (tertiary/aromatic N) is 2. The SMILES string of the molecule is COC(=O)[C@H](C)NC(=O)c1cc(-c2ccccc2)nc2onc(C)c12. The van der Waals surface area contributed by atoms with Crippen molar-refractivity contribution in [2.24, 2.45) is 0 Å². The van der Waals surface area contributed by atoms with Crippen molar-refractivity contribution in [1.82, 2.24) is 15.5 Å². The van der Waals surface area contributed by atoms with E-state index in [1.807, 2.05) is 30.3 Å². The highest BCUT2D eigenvalue weighted by Crippen LogP contribution is 2.27. The van der Waals surface area contributed by atoms with Crippen molar-refractivity contribution < 1.29 is 18.8 Å². The lowest BCUT2D eigenvalue weighted by Crippen LogP contribution is -2.39. The summed E-state index contributed by atoms with van der Waals surface area (Å²) in [6.45, 7) is 3.29. The molecule has 0 aliphatic carbocycles. The summed E-state index contributed by atoms with van der Waals surface area (Å²) in [6.07, 6.45) is 0. The molecule has 1 atom stereocenters. The van der Waals surface area contributed by atoms with Crippen molar-refractivity contribution in [3.63, 3.8) is 0 Å². The minimum atomic E-state index is -0.777. The largest absolute Gasteiger partial charge is 0.467 e. The second kappa shape index (κ2) is 6.72. The van der Waals surface area contributed by atoms with Crippen LogP contribution >= 0.6 is 0 Å². The molecule has 1 amide bonds. The molecular weight excluding hydrogens is 322 g/mol. The molecule has 0 saturated carbocycles. The minimum absolute atomic E-state index is 0.273. The third-order valence-electron chi connectivity index (χ3n) is 3.83. The average Bonchev–Trinajstić information content (AvgIpc) is 3.02. The lowest BCUT2D eigenvalue weighted by Gasteiger charge is -2.12. The zero-order valence-corrected chi connectivity index (χ0v) is 14.1. The number of benzene rings is 1. The first-order valence-electron chi connectivity index (χ1n) is 7.72. The predicted molar refractivity (Wildman–Crippen MR) is 90.9 cm³/mol. The average molecular weight is 339 g/mol. The monoisotopic (exact) mass is 339 g/mol. The fraction of sp³-hybridized carbons (Fsp3) is 0.222. The van der Waals surface area contributed by atoms with Gasteiger partial charge in [-0.1, -0.05) is 35.5 Å². The summed E-state index contributed by atoms with van der Waals surface area (Å²) in [7, 11) is 1.27. The summed E-state index contributed by atoms with van der Waals surface area (Å²) in [5.74, 6) is -0.947. The van der Waals surface area contributed by atoms with Crippen molar-refractivity contribution in [1.29, 1.82) is 0 Å². The highest BCUT2D eigenvalue weighted by Gasteiger charge is 2.22. The highest BCUT2D eigenvalue weighted by atomic mass is 16.5. The number of rotatable bonds is 4. The molecule has 128 valence electrons. The van der Waals surface area contributed by atoms with E-state index in [0.29, 0.717) is 22.3 Å². The van der Waals surface area contributed by atoms with Crippen molar-refractivity contribution >= 4 is 23.0 Å². The molecule has 0 radical (unpaired) electrons. The molecule has 0 saturated heterocycles. The molecule has 1 aromatic carbocycles. The second-order valence-electron chi connectivity index (χ2n) is 5.59. The van der Waals surface area contributed by atoms with Gasteiger partial charge in [0.1, 0.15) is 6.04 Å². The number of hydrogen-bond acceptors (Lipinski definition) is 6. The van der Waals surface area contributed by atoms with Crippen LogP contribution in [-0.4, -0.2) is 35.2 Å². The van der Waals surface area contributed by atoms with Crippen LogP contribution in [0.1, 0.15) is 23.0 Å². The Labute approximate surface area is 144 Å². The third-order valence-corrected chi connectivity index (χ3v) is 3.83. The van der Waals surface area contributed by atoms with E-state index in [9.17, 15) is 9.59 Å². The zero-order chi connectivity index (χ0) is 18.0. The quantitative estimate of drug-likeness (QED) is 0.734. The summed E-state index contributed by atoms with van der Waals surface area (Å²) in [4.78, 5) is 28.7. The molecule has 3 rings (SSSR count).